The van der Waals surface area contributed by atoms with Crippen molar-refractivity contribution in [3.8, 4) is 0 Å². The van der Waals surface area contributed by atoms with Crippen LogP contribution in [0.3, 0.4) is 0 Å². The molecule has 1 aliphatic carbocycles. The van der Waals surface area contributed by atoms with Crippen molar-refractivity contribution in [3.63, 3.8) is 0 Å². The van der Waals surface area contributed by atoms with E-state index >= 15 is 0 Å². The summed E-state index contributed by atoms with van der Waals surface area (Å²) >= 11 is 1.97. The van der Waals surface area contributed by atoms with Gasteiger partial charge in [-0.25, -0.2) is 0 Å². The number of thioether (sulfide) groups is 1. The van der Waals surface area contributed by atoms with Crippen molar-refractivity contribution in [3.05, 3.63) is 0 Å². The predicted molar refractivity (Wildman–Crippen MR) is 77.7 cm³/mol. The van der Waals surface area contributed by atoms with Crippen LogP contribution < -0.4 is 5.73 Å². The lowest BCUT2D eigenvalue weighted by molar-refractivity contribution is -0.134. The second-order valence-corrected chi connectivity index (χ2v) is 7.51. The summed E-state index contributed by atoms with van der Waals surface area (Å²) in [6.07, 6.45) is 6.78. The molecule has 3 nitrogen and oxygen atoms in total. The molecule has 0 aromatic rings. The number of rotatable bonds is 3. The van der Waals surface area contributed by atoms with Gasteiger partial charge in [-0.15, -0.1) is 0 Å². The summed E-state index contributed by atoms with van der Waals surface area (Å²) in [5, 5.41) is 0.586. The van der Waals surface area contributed by atoms with Crippen molar-refractivity contribution in [1.82, 2.24) is 4.90 Å². The van der Waals surface area contributed by atoms with Gasteiger partial charge in [0, 0.05) is 30.5 Å². The maximum absolute atomic E-state index is 12.4. The van der Waals surface area contributed by atoms with Crippen LogP contribution in [-0.2, 0) is 4.79 Å². The zero-order chi connectivity index (χ0) is 13.0. The quantitative estimate of drug-likeness (QED) is 0.855. The van der Waals surface area contributed by atoms with E-state index < -0.39 is 0 Å². The molecule has 0 aromatic carbocycles. The van der Waals surface area contributed by atoms with Crippen molar-refractivity contribution in [1.29, 1.82) is 0 Å². The molecule has 2 aliphatic rings. The number of nitrogens with two attached hydrogens (primary N) is 1. The number of nitrogens with zero attached hydrogens (tertiary/aromatic N) is 1. The zero-order valence-corrected chi connectivity index (χ0v) is 12.3. The van der Waals surface area contributed by atoms with Crippen LogP contribution >= 0.6 is 11.8 Å². The molecular formula is C14H26N2OS. The minimum Gasteiger partial charge on any atom is -0.341 e. The highest BCUT2D eigenvalue weighted by Gasteiger charge is 2.35. The first kappa shape index (κ1) is 14.2. The Morgan fingerprint density at radius 2 is 2.11 bits per heavy atom. The van der Waals surface area contributed by atoms with Crippen molar-refractivity contribution in [2.24, 2.45) is 11.1 Å². The number of hydrogen-bond acceptors (Lipinski definition) is 3. The molecule has 0 spiro atoms. The third-order valence-corrected chi connectivity index (χ3v) is 5.60. The maximum atomic E-state index is 12.4. The van der Waals surface area contributed by atoms with Crippen LogP contribution in [-0.4, -0.2) is 41.4 Å². The van der Waals surface area contributed by atoms with Gasteiger partial charge in [-0.2, -0.15) is 11.8 Å². The van der Waals surface area contributed by atoms with Crippen molar-refractivity contribution < 1.29 is 4.79 Å². The van der Waals surface area contributed by atoms with E-state index in [0.717, 1.165) is 31.7 Å². The fourth-order valence-corrected chi connectivity index (χ4v) is 4.25. The molecule has 1 saturated heterocycles. The molecule has 104 valence electrons. The molecule has 0 aromatic heterocycles. The van der Waals surface area contributed by atoms with E-state index in [1.807, 2.05) is 11.8 Å². The van der Waals surface area contributed by atoms with Gasteiger partial charge in [0.1, 0.15) is 0 Å². The van der Waals surface area contributed by atoms with Gasteiger partial charge in [0.25, 0.3) is 0 Å². The summed E-state index contributed by atoms with van der Waals surface area (Å²) in [4.78, 5) is 14.5. The molecule has 1 atom stereocenters. The summed E-state index contributed by atoms with van der Waals surface area (Å²) in [6, 6.07) is 0. The fraction of sp³-hybridized carbons (Fsp3) is 0.929. The van der Waals surface area contributed by atoms with E-state index in [4.69, 9.17) is 5.73 Å². The van der Waals surface area contributed by atoms with Gasteiger partial charge in [0.15, 0.2) is 0 Å². The standard InChI is InChI=1S/C14H26N2OS/c1-12-10-16(7-8-18-12)13(17)9-14(11-15)5-3-2-4-6-14/h12H,2-11,15H2,1H3. The Kier molecular flexibility index (Phi) is 4.96. The average Bonchev–Trinajstić information content (AvgIpc) is 2.40. The molecule has 18 heavy (non-hydrogen) atoms. The minimum atomic E-state index is 0.114. The maximum Gasteiger partial charge on any atom is 0.223 e. The first-order valence-electron chi connectivity index (χ1n) is 7.25. The van der Waals surface area contributed by atoms with Gasteiger partial charge in [0.2, 0.25) is 5.91 Å². The third-order valence-electron chi connectivity index (χ3n) is 4.47. The highest BCUT2D eigenvalue weighted by molar-refractivity contribution is 7.99. The topological polar surface area (TPSA) is 46.3 Å². The van der Waals surface area contributed by atoms with Gasteiger partial charge in [0.05, 0.1) is 0 Å². The highest BCUT2D eigenvalue weighted by Crippen LogP contribution is 2.39. The van der Waals surface area contributed by atoms with Crippen LogP contribution in [0.4, 0.5) is 0 Å². The van der Waals surface area contributed by atoms with E-state index in [2.05, 4.69) is 11.8 Å². The zero-order valence-electron chi connectivity index (χ0n) is 11.5. The summed E-state index contributed by atoms with van der Waals surface area (Å²) in [7, 11) is 0. The molecule has 2 N–H and O–H groups in total. The third kappa shape index (κ3) is 3.41. The van der Waals surface area contributed by atoms with Gasteiger partial charge in [-0.1, -0.05) is 26.2 Å². The van der Waals surface area contributed by atoms with E-state index in [-0.39, 0.29) is 5.41 Å². The van der Waals surface area contributed by atoms with Gasteiger partial charge >= 0.3 is 0 Å². The summed E-state index contributed by atoms with van der Waals surface area (Å²) < 4.78 is 0. The Labute approximate surface area is 115 Å². The number of carbonyl (C=O) groups excluding carboxylic acids is 1. The average molecular weight is 270 g/mol. The molecule has 1 unspecified atom stereocenters. The smallest absolute Gasteiger partial charge is 0.223 e. The van der Waals surface area contributed by atoms with Crippen LogP contribution in [0.1, 0.15) is 45.4 Å². The van der Waals surface area contributed by atoms with Gasteiger partial charge < -0.3 is 10.6 Å². The van der Waals surface area contributed by atoms with Crippen LogP contribution in [0.25, 0.3) is 0 Å². The van der Waals surface area contributed by atoms with Gasteiger partial charge in [-0.3, -0.25) is 4.79 Å². The molecule has 4 heteroatoms. The lowest BCUT2D eigenvalue weighted by Crippen LogP contribution is -2.45. The predicted octanol–water partition coefficient (Wildman–Crippen LogP) is 2.25. The van der Waals surface area contributed by atoms with Crippen molar-refractivity contribution in [2.75, 3.05) is 25.4 Å². The van der Waals surface area contributed by atoms with E-state index in [9.17, 15) is 4.79 Å². The molecule has 1 heterocycles. The summed E-state index contributed by atoms with van der Waals surface area (Å²) in [5.74, 6) is 1.43. The molecule has 1 amide bonds. The number of carbonyl (C=O) groups is 1. The lowest BCUT2D eigenvalue weighted by atomic mass is 9.71. The van der Waals surface area contributed by atoms with Crippen molar-refractivity contribution in [2.45, 2.75) is 50.7 Å². The Balaban J connectivity index is 1.92. The Bertz CT molecular complexity index is 290. The minimum absolute atomic E-state index is 0.114. The van der Waals surface area contributed by atoms with Crippen LogP contribution in [0.5, 0.6) is 0 Å². The van der Waals surface area contributed by atoms with E-state index in [1.54, 1.807) is 0 Å². The fourth-order valence-electron chi connectivity index (χ4n) is 3.23. The lowest BCUT2D eigenvalue weighted by Gasteiger charge is -2.38. The van der Waals surface area contributed by atoms with Gasteiger partial charge in [-0.05, 0) is 24.8 Å². The normalized spacial score (nSPS) is 28.1. The first-order valence-corrected chi connectivity index (χ1v) is 8.29. The summed E-state index contributed by atoms with van der Waals surface area (Å²) in [5.41, 5.74) is 6.08. The number of amides is 1. The monoisotopic (exact) mass is 270 g/mol. The SMILES string of the molecule is CC1CN(C(=O)CC2(CN)CCCCC2)CCS1. The van der Waals surface area contributed by atoms with Crippen LogP contribution in [0.15, 0.2) is 0 Å². The largest absolute Gasteiger partial charge is 0.341 e. The highest BCUT2D eigenvalue weighted by atomic mass is 32.2. The molecule has 1 saturated carbocycles. The van der Waals surface area contributed by atoms with Crippen LogP contribution in [0.2, 0.25) is 0 Å². The Morgan fingerprint density at radius 1 is 1.39 bits per heavy atom. The van der Waals surface area contributed by atoms with Crippen molar-refractivity contribution >= 4 is 17.7 Å². The first-order chi connectivity index (χ1) is 8.65. The molecule has 1 aliphatic heterocycles. The number of hydrogen-bond donors (Lipinski definition) is 1. The van der Waals surface area contributed by atoms with E-state index in [0.29, 0.717) is 24.1 Å². The van der Waals surface area contributed by atoms with E-state index in [1.165, 1.54) is 19.3 Å². The molecule has 0 bridgehead atoms. The second-order valence-electron chi connectivity index (χ2n) is 5.96. The Hall–Kier alpha value is -0.220. The molecule has 0 radical (unpaired) electrons. The molecule has 2 rings (SSSR count). The molecule has 2 fully saturated rings. The van der Waals surface area contributed by atoms with Crippen LogP contribution in [0, 0.1) is 5.41 Å². The second kappa shape index (κ2) is 6.29. The Morgan fingerprint density at radius 3 is 2.72 bits per heavy atom. The summed E-state index contributed by atoms with van der Waals surface area (Å²) in [6.45, 7) is 4.74. The molecular weight excluding hydrogens is 244 g/mol.